The van der Waals surface area contributed by atoms with E-state index in [2.05, 4.69) is 19.2 Å². The number of nitrogens with zero attached hydrogens (tertiary/aromatic N) is 2. The van der Waals surface area contributed by atoms with Gasteiger partial charge in [-0.25, -0.2) is 9.37 Å². The predicted molar refractivity (Wildman–Crippen MR) is 137 cm³/mol. The zero-order valence-electron chi connectivity index (χ0n) is 20.1. The smallest absolute Gasteiger partial charge is 0.225 e. The van der Waals surface area contributed by atoms with Gasteiger partial charge in [-0.3, -0.25) is 4.79 Å². The Morgan fingerprint density at radius 3 is 2.71 bits per heavy atom. The lowest BCUT2D eigenvalue weighted by Crippen LogP contribution is -2.54. The van der Waals surface area contributed by atoms with Crippen molar-refractivity contribution in [3.8, 4) is 0 Å². The largest absolute Gasteiger partial charge is 0.392 e. The summed E-state index contributed by atoms with van der Waals surface area (Å²) in [5, 5.41) is 15.8. The van der Waals surface area contributed by atoms with E-state index in [1.807, 2.05) is 23.6 Å². The third-order valence-corrected chi connectivity index (χ3v) is 10.3. The van der Waals surface area contributed by atoms with E-state index >= 15 is 0 Å². The van der Waals surface area contributed by atoms with Crippen LogP contribution in [0.25, 0.3) is 0 Å². The SMILES string of the molecule is C[C@H](C(=O)N1CCSCC1)[C@@H]1CC[C@]2(C)Cc3sc(Nc4ccc(F)cc4)nc3[C@H](C)[C@@H]2[C@H]1O. The van der Waals surface area contributed by atoms with Crippen molar-refractivity contribution in [1.82, 2.24) is 9.88 Å². The van der Waals surface area contributed by atoms with Crippen LogP contribution in [0.1, 0.15) is 50.1 Å². The molecule has 1 aromatic carbocycles. The number of rotatable bonds is 4. The Kier molecular flexibility index (Phi) is 6.68. The molecule has 0 radical (unpaired) electrons. The number of aromatic nitrogens is 1. The summed E-state index contributed by atoms with van der Waals surface area (Å²) < 4.78 is 13.3. The summed E-state index contributed by atoms with van der Waals surface area (Å²) in [7, 11) is 0. The molecule has 2 N–H and O–H groups in total. The summed E-state index contributed by atoms with van der Waals surface area (Å²) >= 11 is 3.57. The molecule has 2 aliphatic carbocycles. The number of aliphatic hydroxyl groups excluding tert-OH is 1. The first-order chi connectivity index (χ1) is 16.3. The average molecular weight is 504 g/mol. The number of fused-ring (bicyclic) bond motifs is 2. The maximum Gasteiger partial charge on any atom is 0.225 e. The Morgan fingerprint density at radius 1 is 1.29 bits per heavy atom. The third-order valence-electron chi connectivity index (χ3n) is 8.37. The molecule has 1 saturated carbocycles. The molecule has 0 spiro atoms. The molecular weight excluding hydrogens is 469 g/mol. The minimum absolute atomic E-state index is 0.00740. The summed E-state index contributed by atoms with van der Waals surface area (Å²) in [5.74, 6) is 1.96. The van der Waals surface area contributed by atoms with Crippen LogP contribution in [0.4, 0.5) is 15.2 Å². The highest BCUT2D eigenvalue weighted by Gasteiger charge is 2.54. The second kappa shape index (κ2) is 9.43. The molecule has 184 valence electrons. The van der Waals surface area contributed by atoms with E-state index in [-0.39, 0.29) is 40.8 Å². The number of carbonyl (C=O) groups is 1. The molecule has 5 nitrogen and oxygen atoms in total. The molecule has 6 atom stereocenters. The van der Waals surface area contributed by atoms with E-state index in [1.54, 1.807) is 23.5 Å². The first-order valence-corrected chi connectivity index (χ1v) is 14.3. The topological polar surface area (TPSA) is 65.5 Å². The highest BCUT2D eigenvalue weighted by Crippen LogP contribution is 2.57. The molecule has 2 aromatic rings. The van der Waals surface area contributed by atoms with E-state index in [0.717, 1.165) is 60.4 Å². The molecule has 34 heavy (non-hydrogen) atoms. The zero-order valence-corrected chi connectivity index (χ0v) is 21.7. The number of hydrogen-bond donors (Lipinski definition) is 2. The lowest BCUT2D eigenvalue weighted by molar-refractivity contribution is -0.144. The Labute approximate surface area is 209 Å². The normalized spacial score (nSPS) is 32.0. The summed E-state index contributed by atoms with van der Waals surface area (Å²) in [6.45, 7) is 8.15. The quantitative estimate of drug-likeness (QED) is 0.594. The number of nitrogens with one attached hydrogen (secondary N) is 1. The fourth-order valence-electron chi connectivity index (χ4n) is 6.51. The highest BCUT2D eigenvalue weighted by atomic mass is 32.2. The molecule has 8 heteroatoms. The molecular formula is C26H34FN3O2S2. The fourth-order valence-corrected chi connectivity index (χ4v) is 8.70. The minimum atomic E-state index is -0.518. The Bertz CT molecular complexity index is 1040. The van der Waals surface area contributed by atoms with Crippen molar-refractivity contribution in [3.63, 3.8) is 0 Å². The zero-order chi connectivity index (χ0) is 24.0. The van der Waals surface area contributed by atoms with Crippen LogP contribution < -0.4 is 5.32 Å². The number of thioether (sulfide) groups is 1. The molecule has 1 aromatic heterocycles. The van der Waals surface area contributed by atoms with Crippen LogP contribution in [0.3, 0.4) is 0 Å². The maximum absolute atomic E-state index is 13.3. The van der Waals surface area contributed by atoms with Gasteiger partial charge >= 0.3 is 0 Å². The van der Waals surface area contributed by atoms with Crippen LogP contribution in [0, 0.1) is 29.0 Å². The van der Waals surface area contributed by atoms with Crippen molar-refractivity contribution in [2.45, 2.75) is 52.1 Å². The van der Waals surface area contributed by atoms with Gasteiger partial charge in [0.25, 0.3) is 0 Å². The third kappa shape index (κ3) is 4.37. The Hall–Kier alpha value is -1.64. The van der Waals surface area contributed by atoms with Gasteiger partial charge < -0.3 is 15.3 Å². The summed E-state index contributed by atoms with van der Waals surface area (Å²) in [6, 6.07) is 6.31. The standard InChI is InChI=1S/C26H34FN3O2S2/c1-15(24(32)30-10-12-33-13-11-30)19-8-9-26(3)14-20-22(16(2)21(26)23(19)31)29-25(34-20)28-18-6-4-17(27)5-7-18/h4-7,15-16,19,21,23,31H,8-14H2,1-3H3,(H,28,29)/t15-,16+,19-,21+,23-,26+/m0/s1. The number of aliphatic hydroxyl groups is 1. The van der Waals surface area contributed by atoms with E-state index in [9.17, 15) is 14.3 Å². The van der Waals surface area contributed by atoms with Crippen molar-refractivity contribution < 1.29 is 14.3 Å². The van der Waals surface area contributed by atoms with Crippen LogP contribution in [0.5, 0.6) is 0 Å². The van der Waals surface area contributed by atoms with Gasteiger partial charge in [-0.05, 0) is 60.8 Å². The molecule has 0 unspecified atom stereocenters. The van der Waals surface area contributed by atoms with Crippen LogP contribution >= 0.6 is 23.1 Å². The minimum Gasteiger partial charge on any atom is -0.392 e. The number of halogens is 1. The maximum atomic E-state index is 13.3. The molecule has 1 amide bonds. The second-order valence-corrected chi connectivity index (χ2v) is 12.8. The van der Waals surface area contributed by atoms with E-state index in [1.165, 1.54) is 17.0 Å². The van der Waals surface area contributed by atoms with Crippen LogP contribution in [0.2, 0.25) is 0 Å². The van der Waals surface area contributed by atoms with Crippen LogP contribution in [-0.4, -0.2) is 51.6 Å². The van der Waals surface area contributed by atoms with Crippen molar-refractivity contribution >= 4 is 39.8 Å². The van der Waals surface area contributed by atoms with E-state index < -0.39 is 6.10 Å². The van der Waals surface area contributed by atoms with Gasteiger partial charge in [0.2, 0.25) is 5.91 Å². The van der Waals surface area contributed by atoms with Gasteiger partial charge in [0.1, 0.15) is 5.82 Å². The van der Waals surface area contributed by atoms with Gasteiger partial charge in [0.15, 0.2) is 5.13 Å². The molecule has 2 fully saturated rings. The summed E-state index contributed by atoms with van der Waals surface area (Å²) in [5.41, 5.74) is 1.86. The predicted octanol–water partition coefficient (Wildman–Crippen LogP) is 5.29. The van der Waals surface area contributed by atoms with Crippen molar-refractivity contribution in [3.05, 3.63) is 40.7 Å². The van der Waals surface area contributed by atoms with Gasteiger partial charge in [-0.15, -0.1) is 11.3 Å². The first kappa shape index (κ1) is 24.1. The van der Waals surface area contributed by atoms with Crippen molar-refractivity contribution in [2.24, 2.45) is 23.2 Å². The number of benzene rings is 1. The summed E-state index contributed by atoms with van der Waals surface area (Å²) in [6.07, 6.45) is 2.27. The van der Waals surface area contributed by atoms with E-state index in [0.29, 0.717) is 0 Å². The average Bonchev–Trinajstić information content (AvgIpc) is 3.22. The Balaban J connectivity index is 1.35. The molecule has 5 rings (SSSR count). The van der Waals surface area contributed by atoms with Crippen LogP contribution in [-0.2, 0) is 11.2 Å². The molecule has 3 aliphatic rings. The molecule has 1 aliphatic heterocycles. The molecule has 0 bridgehead atoms. The fraction of sp³-hybridized carbons (Fsp3) is 0.615. The molecule has 2 heterocycles. The first-order valence-electron chi connectivity index (χ1n) is 12.3. The lowest BCUT2D eigenvalue weighted by atomic mass is 9.53. The highest BCUT2D eigenvalue weighted by molar-refractivity contribution is 7.99. The number of carbonyl (C=O) groups excluding carboxylic acids is 1. The van der Waals surface area contributed by atoms with Crippen molar-refractivity contribution in [1.29, 1.82) is 0 Å². The number of thiazole rings is 1. The van der Waals surface area contributed by atoms with Gasteiger partial charge in [0, 0.05) is 47.0 Å². The van der Waals surface area contributed by atoms with Crippen molar-refractivity contribution in [2.75, 3.05) is 29.9 Å². The molecule has 1 saturated heterocycles. The number of hydrogen-bond acceptors (Lipinski definition) is 6. The van der Waals surface area contributed by atoms with Gasteiger partial charge in [-0.2, -0.15) is 11.8 Å². The van der Waals surface area contributed by atoms with Gasteiger partial charge in [0.05, 0.1) is 11.8 Å². The second-order valence-electron chi connectivity index (χ2n) is 10.5. The van der Waals surface area contributed by atoms with E-state index in [4.69, 9.17) is 4.98 Å². The monoisotopic (exact) mass is 503 g/mol. The number of amides is 1. The summed E-state index contributed by atoms with van der Waals surface area (Å²) in [4.78, 5) is 21.4. The Morgan fingerprint density at radius 2 is 2.00 bits per heavy atom. The van der Waals surface area contributed by atoms with Crippen LogP contribution in [0.15, 0.2) is 24.3 Å². The van der Waals surface area contributed by atoms with Gasteiger partial charge in [-0.1, -0.05) is 20.8 Å². The lowest BCUT2D eigenvalue weighted by Gasteiger charge is -2.53. The number of anilines is 2.